The van der Waals surface area contributed by atoms with Crippen LogP contribution >= 0.6 is 0 Å². The molecule has 1 heterocycles. The monoisotopic (exact) mass is 237 g/mol. The van der Waals surface area contributed by atoms with E-state index in [1.54, 1.807) is 6.07 Å². The van der Waals surface area contributed by atoms with Crippen molar-refractivity contribution in [2.45, 2.75) is 19.3 Å². The van der Waals surface area contributed by atoms with Crippen LogP contribution in [0, 0.1) is 0 Å². The van der Waals surface area contributed by atoms with Crippen molar-refractivity contribution in [1.29, 1.82) is 0 Å². The molecule has 0 bridgehead atoms. The second-order valence-electron chi connectivity index (χ2n) is 4.72. The van der Waals surface area contributed by atoms with E-state index in [0.29, 0.717) is 5.75 Å². The van der Waals surface area contributed by atoms with Crippen LogP contribution in [0.4, 0.5) is 0 Å². The number of allylic oxidation sites excluding steroid dienone is 1. The topological polar surface area (TPSA) is 33.1 Å². The van der Waals surface area contributed by atoms with E-state index in [4.69, 9.17) is 0 Å². The Kier molecular flexibility index (Phi) is 2.85. The molecule has 18 heavy (non-hydrogen) atoms. The van der Waals surface area contributed by atoms with Gasteiger partial charge in [-0.2, -0.15) is 0 Å². The minimum absolute atomic E-state index is 0.361. The number of rotatable bonds is 2. The first kappa shape index (κ1) is 11.0. The van der Waals surface area contributed by atoms with Gasteiger partial charge in [0.2, 0.25) is 0 Å². The van der Waals surface area contributed by atoms with Crippen LogP contribution in [0.3, 0.4) is 0 Å². The molecule has 0 unspecified atom stereocenters. The van der Waals surface area contributed by atoms with Gasteiger partial charge >= 0.3 is 0 Å². The first-order valence-electron chi connectivity index (χ1n) is 6.21. The normalized spacial score (nSPS) is 13.9. The molecule has 90 valence electrons. The van der Waals surface area contributed by atoms with Gasteiger partial charge < -0.3 is 5.11 Å². The van der Waals surface area contributed by atoms with Gasteiger partial charge in [-0.3, -0.25) is 4.98 Å². The minimum atomic E-state index is 0.361. The fraction of sp³-hybridized carbons (Fsp3) is 0.188. The number of nitrogens with zero attached hydrogens (tertiary/aromatic N) is 1. The van der Waals surface area contributed by atoms with Crippen LogP contribution in [-0.2, 0) is 12.8 Å². The molecule has 3 rings (SSSR count). The van der Waals surface area contributed by atoms with Crippen LogP contribution < -0.4 is 0 Å². The van der Waals surface area contributed by atoms with E-state index in [1.165, 1.54) is 22.3 Å². The van der Waals surface area contributed by atoms with Crippen molar-refractivity contribution in [3.63, 3.8) is 0 Å². The number of aromatic hydroxyl groups is 1. The first-order chi connectivity index (χ1) is 8.81. The van der Waals surface area contributed by atoms with Crippen LogP contribution in [0.2, 0.25) is 0 Å². The summed E-state index contributed by atoms with van der Waals surface area (Å²) in [6.45, 7) is 0. The fourth-order valence-corrected chi connectivity index (χ4v) is 2.44. The maximum Gasteiger partial charge on any atom is 0.115 e. The molecule has 1 aromatic heterocycles. The van der Waals surface area contributed by atoms with Crippen LogP contribution in [0.25, 0.3) is 6.08 Å². The highest BCUT2D eigenvalue weighted by molar-refractivity contribution is 5.61. The summed E-state index contributed by atoms with van der Waals surface area (Å²) in [6, 6.07) is 9.75. The lowest BCUT2D eigenvalue weighted by Gasteiger charge is -2.16. The van der Waals surface area contributed by atoms with Crippen molar-refractivity contribution in [3.8, 4) is 5.75 Å². The molecule has 2 heteroatoms. The van der Waals surface area contributed by atoms with E-state index in [9.17, 15) is 5.11 Å². The molecule has 0 radical (unpaired) electrons. The highest BCUT2D eigenvalue weighted by Crippen LogP contribution is 2.28. The summed E-state index contributed by atoms with van der Waals surface area (Å²) in [5.41, 5.74) is 5.23. The molecule has 0 saturated heterocycles. The van der Waals surface area contributed by atoms with Gasteiger partial charge in [0.25, 0.3) is 0 Å². The minimum Gasteiger partial charge on any atom is -0.508 e. The molecular weight excluding hydrogens is 222 g/mol. The van der Waals surface area contributed by atoms with Crippen molar-refractivity contribution in [1.82, 2.24) is 4.98 Å². The van der Waals surface area contributed by atoms with Crippen LogP contribution in [-0.4, -0.2) is 10.1 Å². The summed E-state index contributed by atoms with van der Waals surface area (Å²) in [7, 11) is 0. The zero-order valence-corrected chi connectivity index (χ0v) is 10.1. The Hall–Kier alpha value is -2.09. The van der Waals surface area contributed by atoms with Gasteiger partial charge in [-0.05, 0) is 60.2 Å². The van der Waals surface area contributed by atoms with E-state index in [1.807, 2.05) is 24.5 Å². The average Bonchev–Trinajstić information content (AvgIpc) is 2.40. The van der Waals surface area contributed by atoms with Gasteiger partial charge in [0.05, 0.1) is 0 Å². The number of phenols is 1. The number of fused-ring (bicyclic) bond motifs is 1. The lowest BCUT2D eigenvalue weighted by molar-refractivity contribution is 0.474. The summed E-state index contributed by atoms with van der Waals surface area (Å²) >= 11 is 0. The maximum atomic E-state index is 9.46. The van der Waals surface area contributed by atoms with Crippen LogP contribution in [0.1, 0.15) is 23.1 Å². The Morgan fingerprint density at radius 3 is 2.72 bits per heavy atom. The van der Waals surface area contributed by atoms with Crippen molar-refractivity contribution in [3.05, 3.63) is 65.0 Å². The Morgan fingerprint density at radius 2 is 1.89 bits per heavy atom. The van der Waals surface area contributed by atoms with Gasteiger partial charge in [0.1, 0.15) is 5.75 Å². The number of aromatic nitrogens is 1. The second-order valence-corrected chi connectivity index (χ2v) is 4.72. The Balaban J connectivity index is 1.85. The standard InChI is InChI=1S/C16H15NO/c18-16-4-3-14-10-13(1-2-15(14)11-16)9-12-5-7-17-8-6-12/h3-8,10-11,18H,1-2,9H2. The molecule has 1 N–H and O–H groups in total. The van der Waals surface area contributed by atoms with Gasteiger partial charge in [0, 0.05) is 12.4 Å². The van der Waals surface area contributed by atoms with E-state index in [2.05, 4.69) is 23.2 Å². The van der Waals surface area contributed by atoms with E-state index >= 15 is 0 Å². The number of aryl methyl sites for hydroxylation is 1. The Morgan fingerprint density at radius 1 is 1.06 bits per heavy atom. The molecule has 0 spiro atoms. The molecule has 0 atom stereocenters. The predicted octanol–water partition coefficient (Wildman–Crippen LogP) is 3.36. The Bertz CT molecular complexity index is 587. The second kappa shape index (κ2) is 4.65. The van der Waals surface area contributed by atoms with Crippen LogP contribution in [0.5, 0.6) is 5.75 Å². The van der Waals surface area contributed by atoms with Gasteiger partial charge in [-0.1, -0.05) is 17.7 Å². The molecule has 0 saturated carbocycles. The number of benzene rings is 1. The molecule has 0 fully saturated rings. The largest absolute Gasteiger partial charge is 0.508 e. The summed E-state index contributed by atoms with van der Waals surface area (Å²) in [5.74, 6) is 0.361. The summed E-state index contributed by atoms with van der Waals surface area (Å²) in [6.07, 6.45) is 9.00. The third kappa shape index (κ3) is 2.28. The smallest absolute Gasteiger partial charge is 0.115 e. The first-order valence-corrected chi connectivity index (χ1v) is 6.21. The zero-order chi connectivity index (χ0) is 12.4. The highest BCUT2D eigenvalue weighted by Gasteiger charge is 2.11. The van der Waals surface area contributed by atoms with Crippen molar-refractivity contribution in [2.24, 2.45) is 0 Å². The third-order valence-corrected chi connectivity index (χ3v) is 3.38. The fourth-order valence-electron chi connectivity index (χ4n) is 2.44. The maximum absolute atomic E-state index is 9.46. The lowest BCUT2D eigenvalue weighted by Crippen LogP contribution is -2.01. The van der Waals surface area contributed by atoms with E-state index in [-0.39, 0.29) is 0 Å². The highest BCUT2D eigenvalue weighted by atomic mass is 16.3. The van der Waals surface area contributed by atoms with Crippen molar-refractivity contribution < 1.29 is 5.11 Å². The lowest BCUT2D eigenvalue weighted by atomic mass is 9.89. The Labute approximate surface area is 107 Å². The molecule has 2 aromatic rings. The van der Waals surface area contributed by atoms with E-state index in [0.717, 1.165) is 19.3 Å². The molecule has 1 aromatic carbocycles. The summed E-state index contributed by atoms with van der Waals surface area (Å²) in [4.78, 5) is 4.04. The number of hydrogen-bond donors (Lipinski definition) is 1. The number of pyridine rings is 1. The van der Waals surface area contributed by atoms with E-state index < -0.39 is 0 Å². The zero-order valence-electron chi connectivity index (χ0n) is 10.1. The van der Waals surface area contributed by atoms with Gasteiger partial charge in [-0.15, -0.1) is 0 Å². The molecular formula is C16H15NO. The van der Waals surface area contributed by atoms with Crippen molar-refractivity contribution >= 4 is 6.08 Å². The van der Waals surface area contributed by atoms with Gasteiger partial charge in [-0.25, -0.2) is 0 Å². The van der Waals surface area contributed by atoms with Gasteiger partial charge in [0.15, 0.2) is 0 Å². The molecule has 0 aliphatic heterocycles. The third-order valence-electron chi connectivity index (χ3n) is 3.38. The molecule has 0 amide bonds. The summed E-state index contributed by atoms with van der Waals surface area (Å²) < 4.78 is 0. The molecule has 1 aliphatic carbocycles. The predicted molar refractivity (Wildman–Crippen MR) is 72.3 cm³/mol. The summed E-state index contributed by atoms with van der Waals surface area (Å²) in [5, 5.41) is 9.46. The quantitative estimate of drug-likeness (QED) is 0.868. The number of phenolic OH excluding ortho intramolecular Hbond substituents is 1. The number of hydrogen-bond acceptors (Lipinski definition) is 2. The van der Waals surface area contributed by atoms with Crippen molar-refractivity contribution in [2.75, 3.05) is 0 Å². The molecule has 1 aliphatic rings. The molecule has 2 nitrogen and oxygen atoms in total. The average molecular weight is 237 g/mol. The van der Waals surface area contributed by atoms with Crippen LogP contribution in [0.15, 0.2) is 48.3 Å². The SMILES string of the molecule is Oc1ccc2c(c1)CCC(Cc1ccncc1)=C2.